The molecule has 1 aromatic carbocycles. The van der Waals surface area contributed by atoms with Crippen LogP contribution < -0.4 is 5.32 Å². The Kier molecular flexibility index (Phi) is 6.10. The number of nitrogens with zero attached hydrogens (tertiary/aromatic N) is 3. The second kappa shape index (κ2) is 8.06. The monoisotopic (exact) mass is 352 g/mol. The van der Waals surface area contributed by atoms with E-state index in [2.05, 4.69) is 15.4 Å². The van der Waals surface area contributed by atoms with Crippen LogP contribution in [0.15, 0.2) is 55.0 Å². The SMILES string of the molecule is Cl.Fc1cccc(Cl)c1CNCc1cccnc1-n1cccn1. The van der Waals surface area contributed by atoms with Gasteiger partial charge in [0, 0.05) is 47.8 Å². The van der Waals surface area contributed by atoms with Gasteiger partial charge in [-0.05, 0) is 24.3 Å². The van der Waals surface area contributed by atoms with E-state index in [1.165, 1.54) is 6.07 Å². The molecule has 0 radical (unpaired) electrons. The molecule has 0 amide bonds. The first-order valence-corrected chi connectivity index (χ1v) is 7.21. The van der Waals surface area contributed by atoms with Gasteiger partial charge < -0.3 is 5.32 Å². The van der Waals surface area contributed by atoms with Gasteiger partial charge in [-0.1, -0.05) is 23.7 Å². The summed E-state index contributed by atoms with van der Waals surface area (Å²) in [6.07, 6.45) is 5.25. The highest BCUT2D eigenvalue weighted by atomic mass is 35.5. The van der Waals surface area contributed by atoms with Gasteiger partial charge in [0.25, 0.3) is 0 Å². The zero-order valence-electron chi connectivity index (χ0n) is 12.1. The number of hydrogen-bond acceptors (Lipinski definition) is 3. The van der Waals surface area contributed by atoms with Crippen LogP contribution in [0.25, 0.3) is 5.82 Å². The van der Waals surface area contributed by atoms with Crippen molar-refractivity contribution in [3.05, 3.63) is 77.0 Å². The van der Waals surface area contributed by atoms with Gasteiger partial charge in [0.15, 0.2) is 5.82 Å². The molecule has 2 aromatic heterocycles. The quantitative estimate of drug-likeness (QED) is 0.759. The maximum absolute atomic E-state index is 13.7. The number of rotatable bonds is 5. The molecule has 120 valence electrons. The third-order valence-corrected chi connectivity index (χ3v) is 3.62. The zero-order chi connectivity index (χ0) is 15.4. The van der Waals surface area contributed by atoms with Crippen molar-refractivity contribution in [2.75, 3.05) is 0 Å². The van der Waals surface area contributed by atoms with Crippen LogP contribution in [0.4, 0.5) is 4.39 Å². The fraction of sp³-hybridized carbons (Fsp3) is 0.125. The van der Waals surface area contributed by atoms with Crippen LogP contribution >= 0.6 is 24.0 Å². The molecule has 23 heavy (non-hydrogen) atoms. The van der Waals surface area contributed by atoms with E-state index in [0.29, 0.717) is 23.7 Å². The van der Waals surface area contributed by atoms with Crippen molar-refractivity contribution in [1.29, 1.82) is 0 Å². The van der Waals surface area contributed by atoms with Gasteiger partial charge in [-0.2, -0.15) is 5.10 Å². The average Bonchev–Trinajstić information content (AvgIpc) is 3.05. The van der Waals surface area contributed by atoms with E-state index in [1.54, 1.807) is 29.2 Å². The summed E-state index contributed by atoms with van der Waals surface area (Å²) >= 11 is 6.02. The van der Waals surface area contributed by atoms with Gasteiger partial charge in [0.05, 0.1) is 0 Å². The molecule has 1 N–H and O–H groups in total. The molecule has 0 bridgehead atoms. The molecule has 3 rings (SSSR count). The first kappa shape index (κ1) is 17.4. The highest BCUT2D eigenvalue weighted by Gasteiger charge is 2.08. The number of nitrogens with one attached hydrogen (secondary N) is 1. The number of benzene rings is 1. The van der Waals surface area contributed by atoms with E-state index in [-0.39, 0.29) is 18.2 Å². The lowest BCUT2D eigenvalue weighted by molar-refractivity contribution is 0.587. The van der Waals surface area contributed by atoms with E-state index in [4.69, 9.17) is 11.6 Å². The zero-order valence-corrected chi connectivity index (χ0v) is 13.7. The largest absolute Gasteiger partial charge is 0.308 e. The molecular weight excluding hydrogens is 338 g/mol. The Balaban J connectivity index is 0.00000192. The van der Waals surface area contributed by atoms with Gasteiger partial charge in [-0.15, -0.1) is 12.4 Å². The lowest BCUT2D eigenvalue weighted by Gasteiger charge is -2.11. The lowest BCUT2D eigenvalue weighted by Crippen LogP contribution is -2.16. The molecule has 0 saturated carbocycles. The number of pyridine rings is 1. The van der Waals surface area contributed by atoms with Crippen LogP contribution in [0.5, 0.6) is 0 Å². The molecule has 7 heteroatoms. The van der Waals surface area contributed by atoms with Crippen molar-refractivity contribution < 1.29 is 4.39 Å². The smallest absolute Gasteiger partial charge is 0.157 e. The Morgan fingerprint density at radius 3 is 2.70 bits per heavy atom. The van der Waals surface area contributed by atoms with Crippen molar-refractivity contribution in [3.63, 3.8) is 0 Å². The summed E-state index contributed by atoms with van der Waals surface area (Å²) in [4.78, 5) is 4.34. The minimum atomic E-state index is -0.307. The maximum Gasteiger partial charge on any atom is 0.157 e. The predicted molar refractivity (Wildman–Crippen MR) is 90.6 cm³/mol. The summed E-state index contributed by atoms with van der Waals surface area (Å²) in [5, 5.41) is 7.81. The minimum Gasteiger partial charge on any atom is -0.308 e. The van der Waals surface area contributed by atoms with Crippen molar-refractivity contribution >= 4 is 24.0 Å². The average molecular weight is 353 g/mol. The number of halogens is 3. The molecule has 0 aliphatic carbocycles. The summed E-state index contributed by atoms with van der Waals surface area (Å²) in [6, 6.07) is 10.3. The molecule has 4 nitrogen and oxygen atoms in total. The van der Waals surface area contributed by atoms with Crippen molar-refractivity contribution in [2.45, 2.75) is 13.1 Å². The van der Waals surface area contributed by atoms with E-state index in [1.807, 2.05) is 24.4 Å². The van der Waals surface area contributed by atoms with Crippen molar-refractivity contribution in [1.82, 2.24) is 20.1 Å². The van der Waals surface area contributed by atoms with Gasteiger partial charge in [-0.3, -0.25) is 0 Å². The van der Waals surface area contributed by atoms with Gasteiger partial charge >= 0.3 is 0 Å². The second-order valence-electron chi connectivity index (χ2n) is 4.74. The number of aromatic nitrogens is 3. The van der Waals surface area contributed by atoms with Gasteiger partial charge in [0.1, 0.15) is 5.82 Å². The minimum absolute atomic E-state index is 0. The molecular formula is C16H15Cl2FN4. The molecule has 3 aromatic rings. The summed E-state index contributed by atoms with van der Waals surface area (Å²) in [5.74, 6) is 0.443. The van der Waals surface area contributed by atoms with Crippen molar-refractivity contribution in [2.24, 2.45) is 0 Å². The maximum atomic E-state index is 13.7. The topological polar surface area (TPSA) is 42.7 Å². The van der Waals surface area contributed by atoms with Gasteiger partial charge in [0.2, 0.25) is 0 Å². The summed E-state index contributed by atoms with van der Waals surface area (Å²) in [5.41, 5.74) is 1.44. The Morgan fingerprint density at radius 2 is 1.96 bits per heavy atom. The highest BCUT2D eigenvalue weighted by molar-refractivity contribution is 6.31. The Labute approximate surface area is 144 Å². The van der Waals surface area contributed by atoms with E-state index in [9.17, 15) is 4.39 Å². The lowest BCUT2D eigenvalue weighted by atomic mass is 10.2. The molecule has 2 heterocycles. The third kappa shape index (κ3) is 4.07. The van der Waals surface area contributed by atoms with E-state index >= 15 is 0 Å². The van der Waals surface area contributed by atoms with Crippen LogP contribution in [0.1, 0.15) is 11.1 Å². The second-order valence-corrected chi connectivity index (χ2v) is 5.15. The standard InChI is InChI=1S/C16H14ClFN4.ClH/c17-14-5-1-6-15(18)13(14)11-19-10-12-4-2-7-20-16(12)22-9-3-8-21-22;/h1-9,19H,10-11H2;1H. The van der Waals surface area contributed by atoms with E-state index in [0.717, 1.165) is 11.4 Å². The Morgan fingerprint density at radius 1 is 1.09 bits per heavy atom. The summed E-state index contributed by atoms with van der Waals surface area (Å²) in [7, 11) is 0. The Bertz CT molecular complexity index is 742. The fourth-order valence-electron chi connectivity index (χ4n) is 2.19. The normalized spacial score (nSPS) is 10.3. The van der Waals surface area contributed by atoms with Crippen LogP contribution in [0, 0.1) is 5.82 Å². The van der Waals surface area contributed by atoms with E-state index < -0.39 is 0 Å². The number of hydrogen-bond donors (Lipinski definition) is 1. The predicted octanol–water partition coefficient (Wildman–Crippen LogP) is 3.77. The summed E-state index contributed by atoms with van der Waals surface area (Å²) < 4.78 is 15.4. The molecule has 0 saturated heterocycles. The highest BCUT2D eigenvalue weighted by Crippen LogP contribution is 2.19. The van der Waals surface area contributed by atoms with Crippen LogP contribution in [0.3, 0.4) is 0 Å². The van der Waals surface area contributed by atoms with Gasteiger partial charge in [-0.25, -0.2) is 14.1 Å². The van der Waals surface area contributed by atoms with Crippen LogP contribution in [0.2, 0.25) is 5.02 Å². The first-order chi connectivity index (χ1) is 10.8. The molecule has 0 aliphatic rings. The summed E-state index contributed by atoms with van der Waals surface area (Å²) in [6.45, 7) is 0.882. The molecule has 0 fully saturated rings. The fourth-order valence-corrected chi connectivity index (χ4v) is 2.42. The van der Waals surface area contributed by atoms with Crippen LogP contribution in [-0.4, -0.2) is 14.8 Å². The van der Waals surface area contributed by atoms with Crippen molar-refractivity contribution in [3.8, 4) is 5.82 Å². The molecule has 0 atom stereocenters. The Hall–Kier alpha value is -1.95. The molecule has 0 aliphatic heterocycles. The molecule has 0 spiro atoms. The third-order valence-electron chi connectivity index (χ3n) is 3.27. The first-order valence-electron chi connectivity index (χ1n) is 6.83. The molecule has 0 unspecified atom stereocenters. The van der Waals surface area contributed by atoms with Crippen LogP contribution in [-0.2, 0) is 13.1 Å².